The molecule has 0 spiro atoms. The van der Waals surface area contributed by atoms with Crippen LogP contribution in [-0.2, 0) is 19.1 Å². The van der Waals surface area contributed by atoms with Gasteiger partial charge >= 0.3 is 18.0 Å². The molecule has 0 aromatic heterocycles. The Labute approximate surface area is 98.1 Å². The van der Waals surface area contributed by atoms with Crippen LogP contribution in [-0.4, -0.2) is 37.9 Å². The van der Waals surface area contributed by atoms with Crippen LogP contribution >= 0.6 is 0 Å². The van der Waals surface area contributed by atoms with Gasteiger partial charge < -0.3 is 15.2 Å². The number of nitrogens with two attached hydrogens (primary N) is 1. The standard InChI is InChI=1S/C9H15N3O5/c1-9(2,7(14)17-4)5(6(13)16-3)11-12-8(10)15/h1-4H3,(H3,10,12,15)/b11-5+. The van der Waals surface area contributed by atoms with Crippen LogP contribution in [0.5, 0.6) is 0 Å². The molecule has 17 heavy (non-hydrogen) atoms. The van der Waals surface area contributed by atoms with Gasteiger partial charge in [-0.2, -0.15) is 5.10 Å². The van der Waals surface area contributed by atoms with E-state index in [0.29, 0.717) is 0 Å². The number of esters is 2. The first-order chi connectivity index (χ1) is 7.77. The molecule has 0 aromatic rings. The second kappa shape index (κ2) is 5.83. The molecule has 0 saturated carbocycles. The first-order valence-corrected chi connectivity index (χ1v) is 4.57. The fourth-order valence-corrected chi connectivity index (χ4v) is 1.00. The van der Waals surface area contributed by atoms with Gasteiger partial charge in [-0.25, -0.2) is 15.0 Å². The van der Waals surface area contributed by atoms with Crippen molar-refractivity contribution >= 4 is 23.7 Å². The largest absolute Gasteiger partial charge is 0.468 e. The predicted molar refractivity (Wildman–Crippen MR) is 58.0 cm³/mol. The quantitative estimate of drug-likeness (QED) is 0.388. The van der Waals surface area contributed by atoms with Crippen molar-refractivity contribution in [1.82, 2.24) is 5.43 Å². The van der Waals surface area contributed by atoms with Gasteiger partial charge in [-0.15, -0.1) is 0 Å². The number of amides is 2. The van der Waals surface area contributed by atoms with Crippen LogP contribution in [0.1, 0.15) is 13.8 Å². The average Bonchev–Trinajstić information content (AvgIpc) is 2.26. The van der Waals surface area contributed by atoms with E-state index >= 15 is 0 Å². The van der Waals surface area contributed by atoms with E-state index in [4.69, 9.17) is 5.73 Å². The molecule has 0 unspecified atom stereocenters. The number of carbonyl (C=O) groups excluding carboxylic acids is 3. The zero-order valence-corrected chi connectivity index (χ0v) is 10.1. The summed E-state index contributed by atoms with van der Waals surface area (Å²) >= 11 is 0. The first kappa shape index (κ1) is 14.9. The highest BCUT2D eigenvalue weighted by Crippen LogP contribution is 2.20. The summed E-state index contributed by atoms with van der Waals surface area (Å²) in [7, 11) is 2.29. The summed E-state index contributed by atoms with van der Waals surface area (Å²) in [6.45, 7) is 2.80. The maximum absolute atomic E-state index is 11.5. The van der Waals surface area contributed by atoms with Crippen molar-refractivity contribution in [3.8, 4) is 0 Å². The van der Waals surface area contributed by atoms with E-state index in [1.54, 1.807) is 0 Å². The molecule has 0 fully saturated rings. The number of ether oxygens (including phenoxy) is 2. The van der Waals surface area contributed by atoms with Gasteiger partial charge in [0.25, 0.3) is 0 Å². The molecule has 3 N–H and O–H groups in total. The first-order valence-electron chi connectivity index (χ1n) is 4.57. The van der Waals surface area contributed by atoms with Crippen molar-refractivity contribution < 1.29 is 23.9 Å². The molecule has 0 bridgehead atoms. The highest BCUT2D eigenvalue weighted by molar-refractivity contribution is 6.42. The van der Waals surface area contributed by atoms with Gasteiger partial charge in [0, 0.05) is 0 Å². The van der Waals surface area contributed by atoms with Crippen LogP contribution in [0, 0.1) is 5.41 Å². The Bertz CT molecular complexity index is 362. The molecule has 0 radical (unpaired) electrons. The van der Waals surface area contributed by atoms with Crippen molar-refractivity contribution in [3.05, 3.63) is 0 Å². The van der Waals surface area contributed by atoms with Gasteiger partial charge in [-0.3, -0.25) is 4.79 Å². The van der Waals surface area contributed by atoms with E-state index in [1.165, 1.54) is 21.0 Å². The van der Waals surface area contributed by atoms with Crippen LogP contribution in [0.2, 0.25) is 0 Å². The second-order valence-electron chi connectivity index (χ2n) is 3.54. The maximum Gasteiger partial charge on any atom is 0.355 e. The molecule has 0 aliphatic heterocycles. The molecule has 0 saturated heterocycles. The highest BCUT2D eigenvalue weighted by Gasteiger charge is 2.40. The van der Waals surface area contributed by atoms with Gasteiger partial charge in [0.15, 0.2) is 5.71 Å². The predicted octanol–water partition coefficient (Wildman–Crippen LogP) is -0.617. The van der Waals surface area contributed by atoms with E-state index in [-0.39, 0.29) is 5.71 Å². The Hall–Kier alpha value is -2.12. The van der Waals surface area contributed by atoms with Crippen molar-refractivity contribution in [3.63, 3.8) is 0 Å². The number of carbonyl (C=O) groups is 3. The van der Waals surface area contributed by atoms with E-state index in [9.17, 15) is 14.4 Å². The minimum Gasteiger partial charge on any atom is -0.468 e. The van der Waals surface area contributed by atoms with Crippen molar-refractivity contribution in [2.24, 2.45) is 16.3 Å². The van der Waals surface area contributed by atoms with Gasteiger partial charge in [0.1, 0.15) is 5.41 Å². The number of hydrogen-bond acceptors (Lipinski definition) is 6. The van der Waals surface area contributed by atoms with Gasteiger partial charge in [-0.1, -0.05) is 0 Å². The maximum atomic E-state index is 11.5. The Morgan fingerprint density at radius 2 is 1.71 bits per heavy atom. The molecule has 0 aliphatic rings. The minimum absolute atomic E-state index is 0.314. The van der Waals surface area contributed by atoms with Crippen LogP contribution < -0.4 is 11.2 Å². The Morgan fingerprint density at radius 3 is 2.06 bits per heavy atom. The number of methoxy groups -OCH3 is 2. The lowest BCUT2D eigenvalue weighted by Crippen LogP contribution is -2.42. The fourth-order valence-electron chi connectivity index (χ4n) is 1.00. The van der Waals surface area contributed by atoms with Crippen molar-refractivity contribution in [2.45, 2.75) is 13.8 Å². The summed E-state index contributed by atoms with van der Waals surface area (Å²) in [6.07, 6.45) is 0. The van der Waals surface area contributed by atoms with Crippen LogP contribution in [0.15, 0.2) is 5.10 Å². The SMILES string of the molecule is COC(=O)/C(=N\NC(N)=O)C(C)(C)C(=O)OC. The number of nitrogens with one attached hydrogen (secondary N) is 1. The summed E-state index contributed by atoms with van der Waals surface area (Å²) in [5.74, 6) is -1.57. The number of urea groups is 1. The fraction of sp³-hybridized carbons (Fsp3) is 0.556. The van der Waals surface area contributed by atoms with Crippen LogP contribution in [0.4, 0.5) is 4.79 Å². The average molecular weight is 245 g/mol. The number of hydrogen-bond donors (Lipinski definition) is 2. The minimum atomic E-state index is -1.37. The van der Waals surface area contributed by atoms with Gasteiger partial charge in [-0.05, 0) is 13.8 Å². The lowest BCUT2D eigenvalue weighted by molar-refractivity contribution is -0.148. The third-order valence-corrected chi connectivity index (χ3v) is 1.94. The van der Waals surface area contributed by atoms with Gasteiger partial charge in [0.2, 0.25) is 0 Å². The molecule has 0 aliphatic carbocycles. The zero-order valence-electron chi connectivity index (χ0n) is 10.1. The molecule has 0 atom stereocenters. The smallest absolute Gasteiger partial charge is 0.355 e. The van der Waals surface area contributed by atoms with Crippen molar-refractivity contribution in [2.75, 3.05) is 14.2 Å². The summed E-state index contributed by atoms with van der Waals surface area (Å²) in [6, 6.07) is -0.966. The molecular weight excluding hydrogens is 230 g/mol. The Balaban J connectivity index is 5.31. The number of hydrazone groups is 1. The molecule has 0 aromatic carbocycles. The number of nitrogens with zero attached hydrogens (tertiary/aromatic N) is 1. The van der Waals surface area contributed by atoms with Crippen LogP contribution in [0.3, 0.4) is 0 Å². The molecule has 2 amide bonds. The number of primary amides is 1. The zero-order chi connectivity index (χ0) is 13.6. The molecule has 96 valence electrons. The normalized spacial score (nSPS) is 11.6. The third-order valence-electron chi connectivity index (χ3n) is 1.94. The molecular formula is C9H15N3O5. The third kappa shape index (κ3) is 3.74. The molecule has 0 heterocycles. The second-order valence-corrected chi connectivity index (χ2v) is 3.54. The summed E-state index contributed by atoms with van der Waals surface area (Å²) in [5, 5.41) is 3.45. The molecule has 0 rings (SSSR count). The van der Waals surface area contributed by atoms with Crippen LogP contribution in [0.25, 0.3) is 0 Å². The van der Waals surface area contributed by atoms with E-state index < -0.39 is 23.4 Å². The number of rotatable bonds is 4. The lowest BCUT2D eigenvalue weighted by atomic mass is 9.87. The highest BCUT2D eigenvalue weighted by atomic mass is 16.5. The van der Waals surface area contributed by atoms with Gasteiger partial charge in [0.05, 0.1) is 14.2 Å². The molecule has 8 nitrogen and oxygen atoms in total. The summed E-state index contributed by atoms with van der Waals surface area (Å²) in [4.78, 5) is 33.4. The topological polar surface area (TPSA) is 120 Å². The Morgan fingerprint density at radius 1 is 1.18 bits per heavy atom. The molecule has 8 heteroatoms. The summed E-state index contributed by atoms with van der Waals surface area (Å²) < 4.78 is 8.98. The van der Waals surface area contributed by atoms with E-state index in [2.05, 4.69) is 14.6 Å². The summed E-state index contributed by atoms with van der Waals surface area (Å²) in [5.41, 5.74) is 4.99. The van der Waals surface area contributed by atoms with E-state index in [0.717, 1.165) is 7.11 Å². The lowest BCUT2D eigenvalue weighted by Gasteiger charge is -2.21. The van der Waals surface area contributed by atoms with E-state index in [1.807, 2.05) is 5.43 Å². The van der Waals surface area contributed by atoms with Crippen molar-refractivity contribution in [1.29, 1.82) is 0 Å². The Kier molecular flexibility index (Phi) is 5.10. The monoisotopic (exact) mass is 245 g/mol.